The summed E-state index contributed by atoms with van der Waals surface area (Å²) in [6, 6.07) is 0. The standard InChI is InChI=1S/C11H16BrNS/c12-6-10(9-3-1-2-4-9)5-11-7-14-8-13-11/h7-10H,1-6H2. The Balaban J connectivity index is 1.92. The third-order valence-electron chi connectivity index (χ3n) is 3.22. The molecular weight excluding hydrogens is 258 g/mol. The van der Waals surface area contributed by atoms with E-state index in [9.17, 15) is 0 Å². The first kappa shape index (κ1) is 10.6. The quantitative estimate of drug-likeness (QED) is 0.759. The van der Waals surface area contributed by atoms with Gasteiger partial charge in [0.1, 0.15) is 0 Å². The molecule has 1 fully saturated rings. The minimum absolute atomic E-state index is 0.805. The van der Waals surface area contributed by atoms with Crippen LogP contribution in [-0.4, -0.2) is 10.3 Å². The van der Waals surface area contributed by atoms with Crippen molar-refractivity contribution in [3.05, 3.63) is 16.6 Å². The first-order valence-electron chi connectivity index (χ1n) is 5.33. The van der Waals surface area contributed by atoms with Gasteiger partial charge in [0.25, 0.3) is 0 Å². The van der Waals surface area contributed by atoms with Crippen molar-refractivity contribution in [2.75, 3.05) is 5.33 Å². The molecule has 1 aliphatic rings. The van der Waals surface area contributed by atoms with Crippen molar-refractivity contribution in [2.24, 2.45) is 11.8 Å². The maximum absolute atomic E-state index is 4.37. The Bertz CT molecular complexity index is 254. The zero-order valence-corrected chi connectivity index (χ0v) is 10.7. The Labute approximate surface area is 98.1 Å². The minimum atomic E-state index is 0.805. The lowest BCUT2D eigenvalue weighted by Crippen LogP contribution is -2.16. The first-order chi connectivity index (χ1) is 6.90. The van der Waals surface area contributed by atoms with Gasteiger partial charge in [0.05, 0.1) is 11.2 Å². The van der Waals surface area contributed by atoms with Gasteiger partial charge in [-0.2, -0.15) is 0 Å². The van der Waals surface area contributed by atoms with E-state index in [2.05, 4.69) is 26.3 Å². The number of hydrogen-bond acceptors (Lipinski definition) is 2. The highest BCUT2D eigenvalue weighted by Crippen LogP contribution is 2.34. The molecule has 1 heterocycles. The fourth-order valence-electron chi connectivity index (χ4n) is 2.38. The van der Waals surface area contributed by atoms with Crippen molar-refractivity contribution >= 4 is 27.3 Å². The summed E-state index contributed by atoms with van der Waals surface area (Å²) in [6.07, 6.45) is 6.90. The van der Waals surface area contributed by atoms with E-state index < -0.39 is 0 Å². The highest BCUT2D eigenvalue weighted by molar-refractivity contribution is 9.09. The number of alkyl halides is 1. The van der Waals surface area contributed by atoms with Gasteiger partial charge in [0.15, 0.2) is 0 Å². The SMILES string of the molecule is BrCC(Cc1cscn1)C1CCCC1. The summed E-state index contributed by atoms with van der Waals surface area (Å²) in [4.78, 5) is 4.37. The van der Waals surface area contributed by atoms with Crippen LogP contribution in [0, 0.1) is 11.8 Å². The summed E-state index contributed by atoms with van der Waals surface area (Å²) in [5.41, 5.74) is 3.22. The number of hydrogen-bond donors (Lipinski definition) is 0. The summed E-state index contributed by atoms with van der Waals surface area (Å²) in [5, 5.41) is 3.32. The van der Waals surface area contributed by atoms with Gasteiger partial charge >= 0.3 is 0 Å². The normalized spacial score (nSPS) is 20.1. The van der Waals surface area contributed by atoms with E-state index in [1.807, 2.05) is 5.51 Å². The summed E-state index contributed by atoms with van der Waals surface area (Å²) < 4.78 is 0. The molecule has 1 aliphatic carbocycles. The highest BCUT2D eigenvalue weighted by atomic mass is 79.9. The molecular formula is C11H16BrNS. The third-order valence-corrected chi connectivity index (χ3v) is 4.69. The monoisotopic (exact) mass is 273 g/mol. The van der Waals surface area contributed by atoms with Crippen molar-refractivity contribution in [1.29, 1.82) is 0 Å². The van der Waals surface area contributed by atoms with Gasteiger partial charge in [0, 0.05) is 10.7 Å². The number of nitrogens with zero attached hydrogens (tertiary/aromatic N) is 1. The molecule has 0 aliphatic heterocycles. The second-order valence-electron chi connectivity index (χ2n) is 4.14. The largest absolute Gasteiger partial charge is 0.250 e. The summed E-state index contributed by atoms with van der Waals surface area (Å²) in [5.74, 6) is 1.75. The predicted octanol–water partition coefficient (Wildman–Crippen LogP) is 3.89. The predicted molar refractivity (Wildman–Crippen MR) is 65.1 cm³/mol. The van der Waals surface area contributed by atoms with Crippen LogP contribution in [0.4, 0.5) is 0 Å². The maximum atomic E-state index is 4.37. The van der Waals surface area contributed by atoms with E-state index in [1.54, 1.807) is 11.3 Å². The van der Waals surface area contributed by atoms with Gasteiger partial charge in [-0.3, -0.25) is 0 Å². The average Bonchev–Trinajstić information content (AvgIpc) is 2.86. The lowest BCUT2D eigenvalue weighted by atomic mass is 9.89. The fourth-order valence-corrected chi connectivity index (χ4v) is 3.71. The number of aromatic nitrogens is 1. The molecule has 0 amide bonds. The maximum Gasteiger partial charge on any atom is 0.0794 e. The van der Waals surface area contributed by atoms with E-state index >= 15 is 0 Å². The number of rotatable bonds is 4. The molecule has 0 aromatic carbocycles. The second-order valence-corrected chi connectivity index (χ2v) is 5.51. The van der Waals surface area contributed by atoms with Crippen LogP contribution in [0.1, 0.15) is 31.4 Å². The van der Waals surface area contributed by atoms with Crippen molar-refractivity contribution in [2.45, 2.75) is 32.1 Å². The molecule has 14 heavy (non-hydrogen) atoms. The van der Waals surface area contributed by atoms with Crippen LogP contribution in [0.3, 0.4) is 0 Å². The zero-order valence-electron chi connectivity index (χ0n) is 8.29. The Hall–Kier alpha value is 0.110. The second kappa shape index (κ2) is 5.26. The van der Waals surface area contributed by atoms with E-state index in [4.69, 9.17) is 0 Å². The van der Waals surface area contributed by atoms with Gasteiger partial charge < -0.3 is 0 Å². The van der Waals surface area contributed by atoms with Crippen LogP contribution in [-0.2, 0) is 6.42 Å². The summed E-state index contributed by atoms with van der Waals surface area (Å²) in [7, 11) is 0. The van der Waals surface area contributed by atoms with E-state index in [-0.39, 0.29) is 0 Å². The van der Waals surface area contributed by atoms with Crippen LogP contribution in [0.15, 0.2) is 10.9 Å². The fraction of sp³-hybridized carbons (Fsp3) is 0.727. The van der Waals surface area contributed by atoms with Gasteiger partial charge in [-0.05, 0) is 18.3 Å². The molecule has 1 saturated carbocycles. The molecule has 2 rings (SSSR count). The van der Waals surface area contributed by atoms with Crippen LogP contribution in [0.2, 0.25) is 0 Å². The van der Waals surface area contributed by atoms with Crippen molar-refractivity contribution in [3.63, 3.8) is 0 Å². The van der Waals surface area contributed by atoms with Crippen molar-refractivity contribution in [3.8, 4) is 0 Å². The molecule has 78 valence electrons. The zero-order chi connectivity index (χ0) is 9.80. The molecule has 0 N–H and O–H groups in total. The molecule has 1 nitrogen and oxygen atoms in total. The molecule has 0 spiro atoms. The number of halogens is 1. The molecule has 0 bridgehead atoms. The molecule has 1 unspecified atom stereocenters. The highest BCUT2D eigenvalue weighted by Gasteiger charge is 2.24. The average molecular weight is 274 g/mol. The lowest BCUT2D eigenvalue weighted by Gasteiger charge is -2.19. The lowest BCUT2D eigenvalue weighted by molar-refractivity contribution is 0.371. The summed E-state index contributed by atoms with van der Waals surface area (Å²) in [6.45, 7) is 0. The smallest absolute Gasteiger partial charge is 0.0794 e. The molecule has 0 radical (unpaired) electrons. The van der Waals surface area contributed by atoms with E-state index in [0.29, 0.717) is 0 Å². The van der Waals surface area contributed by atoms with Gasteiger partial charge in [-0.15, -0.1) is 11.3 Å². The molecule has 0 saturated heterocycles. The Morgan fingerprint density at radius 2 is 2.29 bits per heavy atom. The molecule has 1 aromatic heterocycles. The third kappa shape index (κ3) is 2.57. The Morgan fingerprint density at radius 1 is 1.50 bits per heavy atom. The van der Waals surface area contributed by atoms with Crippen LogP contribution >= 0.6 is 27.3 Å². The molecule has 1 aromatic rings. The molecule has 1 atom stereocenters. The van der Waals surface area contributed by atoms with Crippen molar-refractivity contribution in [1.82, 2.24) is 4.98 Å². The minimum Gasteiger partial charge on any atom is -0.250 e. The summed E-state index contributed by atoms with van der Waals surface area (Å²) >= 11 is 5.36. The van der Waals surface area contributed by atoms with Gasteiger partial charge in [0.2, 0.25) is 0 Å². The Morgan fingerprint density at radius 3 is 2.86 bits per heavy atom. The first-order valence-corrected chi connectivity index (χ1v) is 7.39. The van der Waals surface area contributed by atoms with Gasteiger partial charge in [-0.1, -0.05) is 41.6 Å². The van der Waals surface area contributed by atoms with Crippen LogP contribution in [0.25, 0.3) is 0 Å². The molecule has 3 heteroatoms. The van der Waals surface area contributed by atoms with E-state index in [0.717, 1.165) is 17.2 Å². The Kier molecular flexibility index (Phi) is 3.99. The van der Waals surface area contributed by atoms with Gasteiger partial charge in [-0.25, -0.2) is 4.98 Å². The topological polar surface area (TPSA) is 12.9 Å². The van der Waals surface area contributed by atoms with Crippen molar-refractivity contribution < 1.29 is 0 Å². The number of thiazole rings is 1. The van der Waals surface area contributed by atoms with E-state index in [1.165, 1.54) is 37.8 Å². The van der Waals surface area contributed by atoms with Crippen LogP contribution in [0.5, 0.6) is 0 Å². The van der Waals surface area contributed by atoms with Crippen LogP contribution < -0.4 is 0 Å².